The highest BCUT2D eigenvalue weighted by atomic mass is 16.5. The van der Waals surface area contributed by atoms with E-state index in [1.807, 2.05) is 32.1 Å². The number of carbonyl (C=O) groups excluding carboxylic acids is 2. The van der Waals surface area contributed by atoms with E-state index in [2.05, 4.69) is 0 Å². The third-order valence-electron chi connectivity index (χ3n) is 4.21. The number of fused-ring (bicyclic) bond motifs is 2. The lowest BCUT2D eigenvalue weighted by Gasteiger charge is -2.29. The highest BCUT2D eigenvalue weighted by molar-refractivity contribution is 6.04. The van der Waals surface area contributed by atoms with Gasteiger partial charge in [0.15, 0.2) is 5.78 Å². The molecule has 0 spiro atoms. The molecule has 1 heterocycles. The van der Waals surface area contributed by atoms with Gasteiger partial charge in [-0.15, -0.1) is 0 Å². The molecular weight excluding hydrogens is 278 g/mol. The minimum Gasteiger partial charge on any atom is -0.460 e. The standard InChI is InChI=1S/C18H19NO3/c1-3-19(4-2)18(21)12-9-10-14-16(11-12)22-15-8-6-5-7-13(15)17(14)20/h5-9,11,14H,3-4,10H2,1-2H3. The van der Waals surface area contributed by atoms with Gasteiger partial charge in [0.05, 0.1) is 11.5 Å². The average molecular weight is 297 g/mol. The molecule has 1 aliphatic carbocycles. The Morgan fingerprint density at radius 1 is 1.27 bits per heavy atom. The summed E-state index contributed by atoms with van der Waals surface area (Å²) in [4.78, 5) is 26.7. The van der Waals surface area contributed by atoms with Crippen LogP contribution in [-0.2, 0) is 4.79 Å². The molecule has 3 rings (SSSR count). The molecule has 1 atom stereocenters. The van der Waals surface area contributed by atoms with Crippen molar-refractivity contribution in [3.63, 3.8) is 0 Å². The molecule has 0 radical (unpaired) electrons. The predicted molar refractivity (Wildman–Crippen MR) is 83.6 cm³/mol. The topological polar surface area (TPSA) is 46.6 Å². The van der Waals surface area contributed by atoms with Gasteiger partial charge in [0.2, 0.25) is 0 Å². The van der Waals surface area contributed by atoms with Gasteiger partial charge in [0.1, 0.15) is 11.5 Å². The number of carbonyl (C=O) groups is 2. The van der Waals surface area contributed by atoms with E-state index in [1.54, 1.807) is 23.1 Å². The molecule has 22 heavy (non-hydrogen) atoms. The minimum absolute atomic E-state index is 0.00847. The Morgan fingerprint density at radius 2 is 2.00 bits per heavy atom. The zero-order valence-electron chi connectivity index (χ0n) is 12.8. The smallest absolute Gasteiger partial charge is 0.253 e. The van der Waals surface area contributed by atoms with Crippen molar-refractivity contribution in [1.29, 1.82) is 0 Å². The number of Topliss-reactive ketones (excluding diaryl/α,β-unsaturated/α-hetero) is 1. The molecule has 0 fully saturated rings. The molecule has 1 amide bonds. The molecule has 1 aromatic rings. The van der Waals surface area contributed by atoms with Crippen LogP contribution in [0.3, 0.4) is 0 Å². The Bertz CT molecular complexity index is 683. The molecule has 0 saturated heterocycles. The van der Waals surface area contributed by atoms with Crippen LogP contribution < -0.4 is 4.74 Å². The molecular formula is C18H19NO3. The molecule has 4 heteroatoms. The normalized spacial score (nSPS) is 19.4. The number of hydrogen-bond acceptors (Lipinski definition) is 3. The number of likely N-dealkylation sites (N-methyl/N-ethyl adjacent to an activating group) is 1. The van der Waals surface area contributed by atoms with Crippen LogP contribution in [0.5, 0.6) is 5.75 Å². The molecule has 1 aromatic carbocycles. The molecule has 1 unspecified atom stereocenters. The Balaban J connectivity index is 1.91. The van der Waals surface area contributed by atoms with Crippen LogP contribution in [0.25, 0.3) is 0 Å². The SMILES string of the molecule is CCN(CC)C(=O)C1=CCC2C(=O)c3ccccc3OC2=C1. The fourth-order valence-electron chi connectivity index (χ4n) is 2.93. The lowest BCUT2D eigenvalue weighted by molar-refractivity contribution is -0.126. The number of ether oxygens (including phenoxy) is 1. The van der Waals surface area contributed by atoms with Crippen LogP contribution in [0.4, 0.5) is 0 Å². The fraction of sp³-hybridized carbons (Fsp3) is 0.333. The van der Waals surface area contributed by atoms with E-state index in [-0.39, 0.29) is 17.6 Å². The van der Waals surface area contributed by atoms with Gasteiger partial charge < -0.3 is 9.64 Å². The van der Waals surface area contributed by atoms with Gasteiger partial charge >= 0.3 is 0 Å². The maximum absolute atomic E-state index is 12.5. The van der Waals surface area contributed by atoms with Crippen molar-refractivity contribution in [2.24, 2.45) is 5.92 Å². The summed E-state index contributed by atoms with van der Waals surface area (Å²) in [5, 5.41) is 0. The third-order valence-corrected chi connectivity index (χ3v) is 4.21. The van der Waals surface area contributed by atoms with Crippen molar-refractivity contribution in [3.8, 4) is 5.75 Å². The summed E-state index contributed by atoms with van der Waals surface area (Å²) in [5.41, 5.74) is 1.23. The quantitative estimate of drug-likeness (QED) is 0.861. The van der Waals surface area contributed by atoms with E-state index < -0.39 is 0 Å². The van der Waals surface area contributed by atoms with E-state index in [1.165, 1.54) is 0 Å². The monoisotopic (exact) mass is 297 g/mol. The summed E-state index contributed by atoms with van der Waals surface area (Å²) >= 11 is 0. The number of allylic oxidation sites excluding steroid dienone is 2. The summed E-state index contributed by atoms with van der Waals surface area (Å²) in [5.74, 6) is 0.918. The van der Waals surface area contributed by atoms with Crippen molar-refractivity contribution in [1.82, 2.24) is 4.90 Å². The number of benzene rings is 1. The van der Waals surface area contributed by atoms with E-state index >= 15 is 0 Å². The number of hydrogen-bond donors (Lipinski definition) is 0. The van der Waals surface area contributed by atoms with Crippen molar-refractivity contribution in [2.75, 3.05) is 13.1 Å². The number of nitrogens with zero attached hydrogens (tertiary/aromatic N) is 1. The van der Waals surface area contributed by atoms with Gasteiger partial charge in [-0.1, -0.05) is 18.2 Å². The Kier molecular flexibility index (Phi) is 3.84. The second kappa shape index (κ2) is 5.79. The third kappa shape index (κ3) is 2.34. The van der Waals surface area contributed by atoms with Crippen molar-refractivity contribution in [3.05, 3.63) is 53.3 Å². The number of para-hydroxylation sites is 1. The minimum atomic E-state index is -0.303. The molecule has 114 valence electrons. The summed E-state index contributed by atoms with van der Waals surface area (Å²) in [7, 11) is 0. The van der Waals surface area contributed by atoms with Crippen LogP contribution in [0.15, 0.2) is 47.7 Å². The van der Waals surface area contributed by atoms with Gasteiger partial charge in [-0.25, -0.2) is 0 Å². The highest BCUT2D eigenvalue weighted by Crippen LogP contribution is 2.37. The van der Waals surface area contributed by atoms with Crippen LogP contribution in [0.1, 0.15) is 30.6 Å². The van der Waals surface area contributed by atoms with Gasteiger partial charge in [0, 0.05) is 18.7 Å². The molecule has 0 N–H and O–H groups in total. The molecule has 4 nitrogen and oxygen atoms in total. The van der Waals surface area contributed by atoms with E-state index in [0.29, 0.717) is 42.2 Å². The van der Waals surface area contributed by atoms with Crippen molar-refractivity contribution >= 4 is 11.7 Å². The lowest BCUT2D eigenvalue weighted by atomic mass is 9.85. The Hall–Kier alpha value is -2.36. The van der Waals surface area contributed by atoms with Crippen LogP contribution in [-0.4, -0.2) is 29.7 Å². The largest absolute Gasteiger partial charge is 0.460 e. The van der Waals surface area contributed by atoms with Gasteiger partial charge in [-0.3, -0.25) is 9.59 Å². The number of amides is 1. The first-order valence-corrected chi connectivity index (χ1v) is 7.67. The molecule has 0 bridgehead atoms. The van der Waals surface area contributed by atoms with Crippen LogP contribution >= 0.6 is 0 Å². The van der Waals surface area contributed by atoms with E-state index in [0.717, 1.165) is 0 Å². The summed E-state index contributed by atoms with van der Waals surface area (Å²) in [6.07, 6.45) is 4.09. The maximum atomic E-state index is 12.5. The Labute approximate surface area is 130 Å². The fourth-order valence-corrected chi connectivity index (χ4v) is 2.93. The lowest BCUT2D eigenvalue weighted by Crippen LogP contribution is -2.34. The second-order valence-electron chi connectivity index (χ2n) is 5.43. The predicted octanol–water partition coefficient (Wildman–Crippen LogP) is 2.96. The van der Waals surface area contributed by atoms with Crippen LogP contribution in [0, 0.1) is 5.92 Å². The molecule has 0 saturated carbocycles. The molecule has 1 aliphatic heterocycles. The van der Waals surface area contributed by atoms with E-state index in [9.17, 15) is 9.59 Å². The first kappa shape index (κ1) is 14.6. The number of ketones is 1. The molecule has 0 aromatic heterocycles. The Morgan fingerprint density at radius 3 is 2.73 bits per heavy atom. The maximum Gasteiger partial charge on any atom is 0.253 e. The second-order valence-corrected chi connectivity index (χ2v) is 5.43. The zero-order chi connectivity index (χ0) is 15.7. The van der Waals surface area contributed by atoms with E-state index in [4.69, 9.17) is 4.74 Å². The van der Waals surface area contributed by atoms with Gasteiger partial charge in [0.25, 0.3) is 5.91 Å². The summed E-state index contributed by atoms with van der Waals surface area (Å²) in [6, 6.07) is 7.25. The number of rotatable bonds is 3. The van der Waals surface area contributed by atoms with Gasteiger partial charge in [-0.05, 0) is 38.5 Å². The van der Waals surface area contributed by atoms with Crippen LogP contribution in [0.2, 0.25) is 0 Å². The summed E-state index contributed by atoms with van der Waals surface area (Å²) < 4.78 is 5.86. The van der Waals surface area contributed by atoms with Crippen molar-refractivity contribution < 1.29 is 14.3 Å². The first-order chi connectivity index (χ1) is 10.7. The summed E-state index contributed by atoms with van der Waals surface area (Å²) in [6.45, 7) is 5.25. The highest BCUT2D eigenvalue weighted by Gasteiger charge is 2.35. The van der Waals surface area contributed by atoms with Crippen molar-refractivity contribution in [2.45, 2.75) is 20.3 Å². The zero-order valence-corrected chi connectivity index (χ0v) is 12.8. The molecule has 2 aliphatic rings. The first-order valence-electron chi connectivity index (χ1n) is 7.67. The van der Waals surface area contributed by atoms with Gasteiger partial charge in [-0.2, -0.15) is 0 Å². The average Bonchev–Trinajstić information content (AvgIpc) is 2.55.